The smallest absolute Gasteiger partial charge is 0.261 e. The second-order valence-electron chi connectivity index (χ2n) is 6.47. The first-order valence-electron chi connectivity index (χ1n) is 8.66. The molecule has 3 aromatic rings. The van der Waals surface area contributed by atoms with Crippen LogP contribution in [0.15, 0.2) is 64.1 Å². The number of H-pyrrole nitrogens is 1. The number of nitrogens with zero attached hydrogens (tertiary/aromatic N) is 2. The van der Waals surface area contributed by atoms with Crippen molar-refractivity contribution in [1.29, 1.82) is 0 Å². The minimum absolute atomic E-state index is 0.134. The molecule has 132 valence electrons. The molecule has 3 heterocycles. The first kappa shape index (κ1) is 16.3. The first-order valence-corrected chi connectivity index (χ1v) is 8.66. The van der Waals surface area contributed by atoms with Gasteiger partial charge in [0, 0.05) is 12.2 Å². The lowest BCUT2D eigenvalue weighted by atomic mass is 10.1. The molecule has 0 radical (unpaired) electrons. The summed E-state index contributed by atoms with van der Waals surface area (Å²) < 4.78 is 5.29. The van der Waals surface area contributed by atoms with Crippen LogP contribution in [0.1, 0.15) is 41.9 Å². The highest BCUT2D eigenvalue weighted by molar-refractivity contribution is 5.94. The van der Waals surface area contributed by atoms with Gasteiger partial charge in [-0.1, -0.05) is 6.07 Å². The summed E-state index contributed by atoms with van der Waals surface area (Å²) in [6.45, 7) is 1.95. The van der Waals surface area contributed by atoms with Crippen LogP contribution in [0, 0.1) is 0 Å². The van der Waals surface area contributed by atoms with Gasteiger partial charge < -0.3 is 14.3 Å². The van der Waals surface area contributed by atoms with Crippen LogP contribution in [0.3, 0.4) is 0 Å². The molecule has 3 aromatic heterocycles. The molecule has 0 spiro atoms. The van der Waals surface area contributed by atoms with Crippen LogP contribution in [0.25, 0.3) is 11.5 Å². The Morgan fingerprint density at radius 2 is 2.08 bits per heavy atom. The summed E-state index contributed by atoms with van der Waals surface area (Å²) in [6, 6.07) is 12.4. The molecule has 0 aromatic carbocycles. The van der Waals surface area contributed by atoms with Gasteiger partial charge in [0.25, 0.3) is 11.5 Å². The molecule has 1 aliphatic carbocycles. The Labute approximate surface area is 150 Å². The summed E-state index contributed by atoms with van der Waals surface area (Å²) in [5.41, 5.74) is 1.08. The Morgan fingerprint density at radius 3 is 2.69 bits per heavy atom. The second-order valence-corrected chi connectivity index (χ2v) is 6.47. The number of aromatic amines is 1. The molecular formula is C20H19N3O3. The monoisotopic (exact) mass is 349 g/mol. The maximum Gasteiger partial charge on any atom is 0.261 e. The quantitative estimate of drug-likeness (QED) is 0.766. The molecule has 1 saturated carbocycles. The predicted octanol–water partition coefficient (Wildman–Crippen LogP) is 3.40. The van der Waals surface area contributed by atoms with E-state index in [1.165, 1.54) is 6.26 Å². The van der Waals surface area contributed by atoms with Crippen molar-refractivity contribution in [3.63, 3.8) is 0 Å². The predicted molar refractivity (Wildman–Crippen MR) is 96.6 cm³/mol. The van der Waals surface area contributed by atoms with Crippen LogP contribution < -0.4 is 5.56 Å². The van der Waals surface area contributed by atoms with E-state index in [0.29, 0.717) is 11.5 Å². The van der Waals surface area contributed by atoms with E-state index < -0.39 is 5.56 Å². The number of nitrogens with one attached hydrogen (secondary N) is 1. The van der Waals surface area contributed by atoms with Crippen molar-refractivity contribution in [3.8, 4) is 11.5 Å². The van der Waals surface area contributed by atoms with Crippen molar-refractivity contribution in [1.82, 2.24) is 14.9 Å². The van der Waals surface area contributed by atoms with Gasteiger partial charge >= 0.3 is 0 Å². The van der Waals surface area contributed by atoms with E-state index in [2.05, 4.69) is 9.97 Å². The fourth-order valence-corrected chi connectivity index (χ4v) is 3.13. The van der Waals surface area contributed by atoms with Gasteiger partial charge in [0.2, 0.25) is 0 Å². The van der Waals surface area contributed by atoms with E-state index in [4.69, 9.17) is 4.42 Å². The van der Waals surface area contributed by atoms with Crippen LogP contribution in [0.4, 0.5) is 0 Å². The zero-order chi connectivity index (χ0) is 18.1. The minimum atomic E-state index is -0.414. The van der Waals surface area contributed by atoms with Gasteiger partial charge in [-0.2, -0.15) is 0 Å². The lowest BCUT2D eigenvalue weighted by molar-refractivity contribution is 0.0668. The third-order valence-corrected chi connectivity index (χ3v) is 4.63. The summed E-state index contributed by atoms with van der Waals surface area (Å²) in [6.07, 6.45) is 5.15. The number of aromatic nitrogens is 2. The highest BCUT2D eigenvalue weighted by atomic mass is 16.3. The molecule has 0 bridgehead atoms. The number of furan rings is 1. The minimum Gasteiger partial charge on any atom is -0.463 e. The Balaban J connectivity index is 1.65. The maximum absolute atomic E-state index is 13.1. The SMILES string of the molecule is C[C@@H](c1ccccn1)N(C(=O)c1ccc(-c2ccco2)[nH]c1=O)C1CC1. The maximum atomic E-state index is 13.1. The van der Waals surface area contributed by atoms with Crippen LogP contribution in [-0.2, 0) is 0 Å². The molecule has 1 amide bonds. The summed E-state index contributed by atoms with van der Waals surface area (Å²) in [5.74, 6) is 0.292. The van der Waals surface area contributed by atoms with Crippen molar-refractivity contribution < 1.29 is 9.21 Å². The van der Waals surface area contributed by atoms with Crippen molar-refractivity contribution in [2.24, 2.45) is 0 Å². The fourth-order valence-electron chi connectivity index (χ4n) is 3.13. The number of hydrogen-bond acceptors (Lipinski definition) is 4. The normalized spacial score (nSPS) is 14.8. The standard InChI is InChI=1S/C20H19N3O3/c1-13(16-5-2-3-11-21-16)23(14-7-8-14)20(25)15-9-10-17(22-19(15)24)18-6-4-12-26-18/h2-6,9-14H,7-8H2,1H3,(H,22,24)/t13-/m0/s1. The average Bonchev–Trinajstić information content (AvgIpc) is 3.33. The molecule has 1 N–H and O–H groups in total. The van der Waals surface area contributed by atoms with Crippen LogP contribution in [0.2, 0.25) is 0 Å². The van der Waals surface area contributed by atoms with E-state index in [1.54, 1.807) is 35.4 Å². The molecule has 0 unspecified atom stereocenters. The van der Waals surface area contributed by atoms with Crippen LogP contribution in [-0.4, -0.2) is 26.8 Å². The topological polar surface area (TPSA) is 79.2 Å². The van der Waals surface area contributed by atoms with Gasteiger partial charge in [0.1, 0.15) is 11.3 Å². The lowest BCUT2D eigenvalue weighted by Gasteiger charge is -2.29. The van der Waals surface area contributed by atoms with E-state index in [1.807, 2.05) is 25.1 Å². The number of carbonyl (C=O) groups excluding carboxylic acids is 1. The molecule has 6 heteroatoms. The van der Waals surface area contributed by atoms with E-state index in [-0.39, 0.29) is 23.6 Å². The summed E-state index contributed by atoms with van der Waals surface area (Å²) in [7, 11) is 0. The number of amides is 1. The largest absolute Gasteiger partial charge is 0.463 e. The first-order chi connectivity index (χ1) is 12.6. The molecule has 1 fully saturated rings. The summed E-state index contributed by atoms with van der Waals surface area (Å²) >= 11 is 0. The van der Waals surface area contributed by atoms with Crippen LogP contribution in [0.5, 0.6) is 0 Å². The van der Waals surface area contributed by atoms with Gasteiger partial charge in [0.05, 0.1) is 23.7 Å². The Bertz CT molecular complexity index is 959. The van der Waals surface area contributed by atoms with Crippen molar-refractivity contribution >= 4 is 5.91 Å². The highest BCUT2D eigenvalue weighted by Gasteiger charge is 2.37. The van der Waals surface area contributed by atoms with Crippen molar-refractivity contribution in [2.45, 2.75) is 31.8 Å². The van der Waals surface area contributed by atoms with E-state index in [9.17, 15) is 9.59 Å². The zero-order valence-corrected chi connectivity index (χ0v) is 14.4. The van der Waals surface area contributed by atoms with Gasteiger partial charge in [-0.25, -0.2) is 0 Å². The molecule has 4 rings (SSSR count). The average molecular weight is 349 g/mol. The molecule has 0 aliphatic heterocycles. The molecule has 1 aliphatic rings. The Hall–Kier alpha value is -3.15. The molecule has 0 saturated heterocycles. The van der Waals surface area contributed by atoms with Crippen molar-refractivity contribution in [2.75, 3.05) is 0 Å². The van der Waals surface area contributed by atoms with E-state index >= 15 is 0 Å². The Kier molecular flexibility index (Phi) is 4.16. The van der Waals surface area contributed by atoms with Gasteiger partial charge in [-0.15, -0.1) is 0 Å². The molecule has 1 atom stereocenters. The fraction of sp³-hybridized carbons (Fsp3) is 0.250. The third-order valence-electron chi connectivity index (χ3n) is 4.63. The van der Waals surface area contributed by atoms with Crippen LogP contribution >= 0.6 is 0 Å². The number of pyridine rings is 2. The Morgan fingerprint density at radius 1 is 1.23 bits per heavy atom. The zero-order valence-electron chi connectivity index (χ0n) is 14.4. The molecule has 26 heavy (non-hydrogen) atoms. The van der Waals surface area contributed by atoms with Crippen molar-refractivity contribution in [3.05, 3.63) is 76.5 Å². The summed E-state index contributed by atoms with van der Waals surface area (Å²) in [5, 5.41) is 0. The number of rotatable bonds is 5. The third kappa shape index (κ3) is 3.06. The summed E-state index contributed by atoms with van der Waals surface area (Å²) in [4.78, 5) is 34.5. The number of carbonyl (C=O) groups is 1. The lowest BCUT2D eigenvalue weighted by Crippen LogP contribution is -2.38. The van der Waals surface area contributed by atoms with E-state index in [0.717, 1.165) is 18.5 Å². The molecular weight excluding hydrogens is 330 g/mol. The van der Waals surface area contributed by atoms with Gasteiger partial charge in [-0.3, -0.25) is 14.6 Å². The second kappa shape index (κ2) is 6.63. The molecule has 6 nitrogen and oxygen atoms in total. The van der Waals surface area contributed by atoms with Gasteiger partial charge in [-0.05, 0) is 56.2 Å². The highest BCUT2D eigenvalue weighted by Crippen LogP contribution is 2.34. The van der Waals surface area contributed by atoms with Gasteiger partial charge in [0.15, 0.2) is 0 Å². The number of hydrogen-bond donors (Lipinski definition) is 1.